The predicted molar refractivity (Wildman–Crippen MR) is 69.5 cm³/mol. The fraction of sp³-hybridized carbons (Fsp3) is 0.455. The van der Waals surface area contributed by atoms with E-state index in [4.69, 9.17) is 11.6 Å². The van der Waals surface area contributed by atoms with Crippen molar-refractivity contribution >= 4 is 33.2 Å². The number of nitro benzene ring substituents is 1. The molecule has 88 valence electrons. The first-order valence-electron chi connectivity index (χ1n) is 5.05. The highest BCUT2D eigenvalue weighted by atomic mass is 79.9. The van der Waals surface area contributed by atoms with E-state index in [1.54, 1.807) is 12.1 Å². The second-order valence-corrected chi connectivity index (χ2v) is 5.29. The molecule has 0 aliphatic carbocycles. The number of nitro groups is 1. The van der Waals surface area contributed by atoms with Gasteiger partial charge in [-0.1, -0.05) is 47.4 Å². The van der Waals surface area contributed by atoms with Crippen molar-refractivity contribution in [1.29, 1.82) is 0 Å². The van der Waals surface area contributed by atoms with Gasteiger partial charge < -0.3 is 0 Å². The molecule has 0 amide bonds. The molecule has 0 aromatic heterocycles. The van der Waals surface area contributed by atoms with Gasteiger partial charge in [0.15, 0.2) is 0 Å². The molecule has 1 aromatic carbocycles. The van der Waals surface area contributed by atoms with Gasteiger partial charge in [-0.2, -0.15) is 0 Å². The van der Waals surface area contributed by atoms with Crippen LogP contribution in [0.1, 0.15) is 31.7 Å². The lowest BCUT2D eigenvalue weighted by Gasteiger charge is -2.17. The molecule has 0 spiro atoms. The minimum atomic E-state index is -0.382. The van der Waals surface area contributed by atoms with Crippen molar-refractivity contribution in [3.63, 3.8) is 0 Å². The van der Waals surface area contributed by atoms with Crippen molar-refractivity contribution < 1.29 is 4.92 Å². The normalized spacial score (nSPS) is 14.5. The molecule has 16 heavy (non-hydrogen) atoms. The van der Waals surface area contributed by atoms with E-state index in [2.05, 4.69) is 15.9 Å². The highest BCUT2D eigenvalue weighted by Gasteiger charge is 2.23. The van der Waals surface area contributed by atoms with Crippen LogP contribution in [0.3, 0.4) is 0 Å². The zero-order valence-electron chi connectivity index (χ0n) is 9.11. The van der Waals surface area contributed by atoms with Gasteiger partial charge in [0.1, 0.15) is 0 Å². The van der Waals surface area contributed by atoms with Crippen molar-refractivity contribution in [1.82, 2.24) is 0 Å². The molecule has 2 atom stereocenters. The van der Waals surface area contributed by atoms with Gasteiger partial charge in [-0.3, -0.25) is 10.1 Å². The van der Waals surface area contributed by atoms with Crippen LogP contribution in [0.2, 0.25) is 5.02 Å². The molecule has 0 aliphatic rings. The average molecular weight is 307 g/mol. The third-order valence-electron chi connectivity index (χ3n) is 2.61. The SMILES string of the molecule is CCC(Br)C(C)c1ccc(Cl)cc1[N+](=O)[O-]. The Hall–Kier alpha value is -0.610. The number of nitrogens with zero attached hydrogens (tertiary/aromatic N) is 1. The number of rotatable bonds is 4. The van der Waals surface area contributed by atoms with Crippen molar-refractivity contribution in [3.8, 4) is 0 Å². The minimum Gasteiger partial charge on any atom is -0.258 e. The Morgan fingerprint density at radius 3 is 2.69 bits per heavy atom. The molecular formula is C11H13BrClNO2. The Morgan fingerprint density at radius 1 is 1.56 bits per heavy atom. The Kier molecular flexibility index (Phi) is 4.74. The Morgan fingerprint density at radius 2 is 2.19 bits per heavy atom. The smallest absolute Gasteiger partial charge is 0.258 e. The lowest BCUT2D eigenvalue weighted by Crippen LogP contribution is -2.10. The highest BCUT2D eigenvalue weighted by molar-refractivity contribution is 9.09. The lowest BCUT2D eigenvalue weighted by atomic mass is 9.95. The fourth-order valence-corrected chi connectivity index (χ4v) is 2.06. The first-order chi connectivity index (χ1) is 7.47. The summed E-state index contributed by atoms with van der Waals surface area (Å²) in [4.78, 5) is 10.8. The third-order valence-corrected chi connectivity index (χ3v) is 4.29. The van der Waals surface area contributed by atoms with Crippen LogP contribution >= 0.6 is 27.5 Å². The van der Waals surface area contributed by atoms with Crippen LogP contribution in [0, 0.1) is 10.1 Å². The molecular weight excluding hydrogens is 293 g/mol. The summed E-state index contributed by atoms with van der Waals surface area (Å²) in [5.74, 6) is 0.0858. The summed E-state index contributed by atoms with van der Waals surface area (Å²) in [6.45, 7) is 4.01. The molecule has 2 unspecified atom stereocenters. The van der Waals surface area contributed by atoms with Gasteiger partial charge in [-0.05, 0) is 12.5 Å². The van der Waals surface area contributed by atoms with Crippen LogP contribution in [0.25, 0.3) is 0 Å². The topological polar surface area (TPSA) is 43.1 Å². The molecule has 0 aliphatic heterocycles. The number of hydrogen-bond acceptors (Lipinski definition) is 2. The number of alkyl halides is 1. The Bertz CT molecular complexity index is 398. The van der Waals surface area contributed by atoms with Gasteiger partial charge in [0.05, 0.1) is 4.92 Å². The lowest BCUT2D eigenvalue weighted by molar-refractivity contribution is -0.385. The molecule has 0 heterocycles. The molecule has 5 heteroatoms. The maximum absolute atomic E-state index is 10.9. The van der Waals surface area contributed by atoms with Crippen LogP contribution < -0.4 is 0 Å². The minimum absolute atomic E-state index is 0.0858. The summed E-state index contributed by atoms with van der Waals surface area (Å²) < 4.78 is 0. The monoisotopic (exact) mass is 305 g/mol. The predicted octanol–water partition coefficient (Wildman–Crippen LogP) is 4.53. The molecule has 0 radical (unpaired) electrons. The van der Waals surface area contributed by atoms with E-state index < -0.39 is 0 Å². The van der Waals surface area contributed by atoms with Crippen molar-refractivity contribution in [2.45, 2.75) is 31.0 Å². The maximum atomic E-state index is 10.9. The van der Waals surface area contributed by atoms with Crippen LogP contribution in [0.15, 0.2) is 18.2 Å². The average Bonchev–Trinajstić information content (AvgIpc) is 2.26. The van der Waals surface area contributed by atoms with Crippen LogP contribution in [0.4, 0.5) is 5.69 Å². The summed E-state index contributed by atoms with van der Waals surface area (Å²) in [7, 11) is 0. The molecule has 3 nitrogen and oxygen atoms in total. The van der Waals surface area contributed by atoms with Crippen molar-refractivity contribution in [3.05, 3.63) is 38.9 Å². The second-order valence-electron chi connectivity index (χ2n) is 3.67. The van der Waals surface area contributed by atoms with Gasteiger partial charge >= 0.3 is 0 Å². The first kappa shape index (κ1) is 13.5. The molecule has 1 rings (SSSR count). The van der Waals surface area contributed by atoms with Crippen LogP contribution in [-0.4, -0.2) is 9.75 Å². The molecule has 0 N–H and O–H groups in total. The van der Waals surface area contributed by atoms with Crippen LogP contribution in [-0.2, 0) is 0 Å². The summed E-state index contributed by atoms with van der Waals surface area (Å²) in [5, 5.41) is 11.3. The van der Waals surface area contributed by atoms with E-state index in [0.717, 1.165) is 12.0 Å². The zero-order chi connectivity index (χ0) is 12.3. The summed E-state index contributed by atoms with van der Waals surface area (Å²) in [5.41, 5.74) is 0.816. The quantitative estimate of drug-likeness (QED) is 0.466. The fourth-order valence-electron chi connectivity index (χ4n) is 1.61. The largest absolute Gasteiger partial charge is 0.274 e. The van der Waals surface area contributed by atoms with Gasteiger partial charge in [0.25, 0.3) is 5.69 Å². The van der Waals surface area contributed by atoms with Gasteiger partial charge in [0.2, 0.25) is 0 Å². The molecule has 0 fully saturated rings. The van der Waals surface area contributed by atoms with Gasteiger partial charge in [-0.15, -0.1) is 0 Å². The maximum Gasteiger partial charge on any atom is 0.274 e. The third kappa shape index (κ3) is 2.95. The Balaban J connectivity index is 3.17. The second kappa shape index (κ2) is 5.64. The standard InChI is InChI=1S/C11H13BrClNO2/c1-3-10(12)7(2)9-5-4-8(13)6-11(9)14(15)16/h4-7,10H,3H2,1-2H3. The summed E-state index contributed by atoms with van der Waals surface area (Å²) >= 11 is 9.29. The van der Waals surface area contributed by atoms with Crippen molar-refractivity contribution in [2.24, 2.45) is 0 Å². The zero-order valence-corrected chi connectivity index (χ0v) is 11.5. The van der Waals surface area contributed by atoms with E-state index in [-0.39, 0.29) is 21.4 Å². The molecule has 0 bridgehead atoms. The van der Waals surface area contributed by atoms with E-state index in [9.17, 15) is 10.1 Å². The van der Waals surface area contributed by atoms with Crippen molar-refractivity contribution in [2.75, 3.05) is 0 Å². The highest BCUT2D eigenvalue weighted by Crippen LogP contribution is 2.34. The van der Waals surface area contributed by atoms with E-state index in [0.29, 0.717) is 5.02 Å². The molecule has 0 saturated heterocycles. The van der Waals surface area contributed by atoms with Gasteiger partial charge in [-0.25, -0.2) is 0 Å². The molecule has 0 saturated carbocycles. The number of hydrogen-bond donors (Lipinski definition) is 0. The number of halogens is 2. The van der Waals surface area contributed by atoms with Crippen LogP contribution in [0.5, 0.6) is 0 Å². The summed E-state index contributed by atoms with van der Waals surface area (Å²) in [6.07, 6.45) is 0.918. The van der Waals surface area contributed by atoms with E-state index >= 15 is 0 Å². The van der Waals surface area contributed by atoms with E-state index in [1.165, 1.54) is 6.07 Å². The summed E-state index contributed by atoms with van der Waals surface area (Å²) in [6, 6.07) is 4.83. The van der Waals surface area contributed by atoms with E-state index in [1.807, 2.05) is 13.8 Å². The first-order valence-corrected chi connectivity index (χ1v) is 6.34. The van der Waals surface area contributed by atoms with Gasteiger partial charge in [0, 0.05) is 27.4 Å². The Labute approximate surface area is 108 Å². The molecule has 1 aromatic rings. The number of benzene rings is 1.